The van der Waals surface area contributed by atoms with Crippen LogP contribution in [0.15, 0.2) is 36.5 Å². The van der Waals surface area contributed by atoms with Gasteiger partial charge in [0.1, 0.15) is 5.75 Å². The number of hydrogen-bond acceptors (Lipinski definition) is 4. The Morgan fingerprint density at radius 1 is 1.20 bits per heavy atom. The lowest BCUT2D eigenvalue weighted by Gasteiger charge is -2.49. The maximum Gasteiger partial charge on any atom is 0.241 e. The first kappa shape index (κ1) is 16.1. The first-order valence-corrected chi connectivity index (χ1v) is 8.88. The standard InChI is InChI=1S/C19H24N4O2/c1-25-17-6-4-16(5-7-17)23-18(24)13-22(12-15-8-11-20-21-15)14-19(23)9-2-3-10-19/h4-8,11H,2-3,9-10,12-14H2,1H3,(H,20,21). The van der Waals surface area contributed by atoms with Crippen molar-refractivity contribution in [1.82, 2.24) is 15.1 Å². The van der Waals surface area contributed by atoms with Crippen molar-refractivity contribution in [3.05, 3.63) is 42.2 Å². The number of aromatic nitrogens is 2. The molecule has 1 spiro atoms. The van der Waals surface area contributed by atoms with Crippen molar-refractivity contribution in [3.63, 3.8) is 0 Å². The number of aromatic amines is 1. The number of amides is 1. The molecule has 6 heteroatoms. The lowest BCUT2D eigenvalue weighted by Crippen LogP contribution is -2.63. The van der Waals surface area contributed by atoms with Gasteiger partial charge in [0.05, 0.1) is 19.2 Å². The second-order valence-corrected chi connectivity index (χ2v) is 7.09. The summed E-state index contributed by atoms with van der Waals surface area (Å²) in [6.07, 6.45) is 6.24. The number of hydrogen-bond donors (Lipinski definition) is 1. The highest BCUT2D eigenvalue weighted by Crippen LogP contribution is 2.41. The minimum atomic E-state index is -0.0933. The predicted molar refractivity (Wildman–Crippen MR) is 95.5 cm³/mol. The van der Waals surface area contributed by atoms with Gasteiger partial charge in [-0.25, -0.2) is 0 Å². The molecule has 1 aliphatic carbocycles. The number of carbonyl (C=O) groups excluding carboxylic acids is 1. The molecule has 1 aliphatic heterocycles. The van der Waals surface area contributed by atoms with Crippen LogP contribution in [0.1, 0.15) is 31.4 Å². The Bertz CT molecular complexity index is 720. The van der Waals surface area contributed by atoms with Gasteiger partial charge in [0.15, 0.2) is 0 Å². The van der Waals surface area contributed by atoms with Crippen molar-refractivity contribution in [2.24, 2.45) is 0 Å². The highest BCUT2D eigenvalue weighted by Gasteiger charge is 2.47. The first-order chi connectivity index (χ1) is 12.2. The number of rotatable bonds is 4. The predicted octanol–water partition coefficient (Wildman–Crippen LogP) is 2.58. The van der Waals surface area contributed by atoms with E-state index in [0.717, 1.165) is 43.1 Å². The molecule has 0 atom stereocenters. The molecule has 1 aromatic heterocycles. The van der Waals surface area contributed by atoms with Crippen LogP contribution in [0.25, 0.3) is 0 Å². The van der Waals surface area contributed by atoms with Gasteiger partial charge >= 0.3 is 0 Å². The molecule has 2 heterocycles. The third-order valence-electron chi connectivity index (χ3n) is 5.42. The molecule has 0 bridgehead atoms. The maximum atomic E-state index is 13.1. The van der Waals surface area contributed by atoms with Gasteiger partial charge in [-0.15, -0.1) is 0 Å². The van der Waals surface area contributed by atoms with Crippen molar-refractivity contribution in [2.75, 3.05) is 25.1 Å². The summed E-state index contributed by atoms with van der Waals surface area (Å²) in [6, 6.07) is 9.84. The van der Waals surface area contributed by atoms with E-state index in [1.165, 1.54) is 12.8 Å². The number of ether oxygens (including phenoxy) is 1. The Kier molecular flexibility index (Phi) is 4.21. The number of anilines is 1. The van der Waals surface area contributed by atoms with E-state index in [4.69, 9.17) is 4.74 Å². The molecule has 1 amide bonds. The average molecular weight is 340 g/mol. The molecule has 0 unspecified atom stereocenters. The summed E-state index contributed by atoms with van der Waals surface area (Å²) in [5, 5.41) is 7.02. The highest BCUT2D eigenvalue weighted by molar-refractivity contribution is 5.97. The van der Waals surface area contributed by atoms with E-state index in [9.17, 15) is 4.79 Å². The van der Waals surface area contributed by atoms with E-state index in [0.29, 0.717) is 6.54 Å². The van der Waals surface area contributed by atoms with Crippen LogP contribution in [0.2, 0.25) is 0 Å². The molecule has 2 aromatic rings. The zero-order valence-corrected chi connectivity index (χ0v) is 14.6. The van der Waals surface area contributed by atoms with Crippen LogP contribution in [0, 0.1) is 0 Å². The van der Waals surface area contributed by atoms with E-state index in [2.05, 4.69) is 20.0 Å². The summed E-state index contributed by atoms with van der Waals surface area (Å²) in [5.41, 5.74) is 1.94. The van der Waals surface area contributed by atoms with Gasteiger partial charge in [0, 0.05) is 30.7 Å². The minimum Gasteiger partial charge on any atom is -0.497 e. The van der Waals surface area contributed by atoms with Crippen LogP contribution in [0.3, 0.4) is 0 Å². The molecule has 2 fully saturated rings. The molecule has 6 nitrogen and oxygen atoms in total. The number of nitrogens with zero attached hydrogens (tertiary/aromatic N) is 3. The van der Waals surface area contributed by atoms with Gasteiger partial charge in [0.25, 0.3) is 0 Å². The zero-order chi connectivity index (χ0) is 17.3. The fraction of sp³-hybridized carbons (Fsp3) is 0.474. The number of carbonyl (C=O) groups is 1. The van der Waals surface area contributed by atoms with Gasteiger partial charge in [-0.05, 0) is 43.2 Å². The van der Waals surface area contributed by atoms with Crippen LogP contribution in [0.5, 0.6) is 5.75 Å². The fourth-order valence-electron chi connectivity index (χ4n) is 4.36. The Morgan fingerprint density at radius 3 is 2.60 bits per heavy atom. The Morgan fingerprint density at radius 2 is 1.96 bits per heavy atom. The lowest BCUT2D eigenvalue weighted by atomic mass is 9.90. The molecule has 132 valence electrons. The molecule has 2 aliphatic rings. The monoisotopic (exact) mass is 340 g/mol. The van der Waals surface area contributed by atoms with E-state index >= 15 is 0 Å². The van der Waals surface area contributed by atoms with Gasteiger partial charge in [-0.1, -0.05) is 12.8 Å². The van der Waals surface area contributed by atoms with Gasteiger partial charge in [-0.2, -0.15) is 5.10 Å². The van der Waals surface area contributed by atoms with Crippen LogP contribution in [-0.4, -0.2) is 46.7 Å². The first-order valence-electron chi connectivity index (χ1n) is 8.88. The second-order valence-electron chi connectivity index (χ2n) is 7.09. The van der Waals surface area contributed by atoms with E-state index in [-0.39, 0.29) is 11.4 Å². The largest absolute Gasteiger partial charge is 0.497 e. The summed E-state index contributed by atoms with van der Waals surface area (Å²) < 4.78 is 5.26. The Labute approximate surface area is 147 Å². The van der Waals surface area contributed by atoms with Crippen molar-refractivity contribution >= 4 is 11.6 Å². The van der Waals surface area contributed by atoms with Crippen LogP contribution < -0.4 is 9.64 Å². The molecule has 0 radical (unpaired) electrons. The minimum absolute atomic E-state index is 0.0933. The van der Waals surface area contributed by atoms with Crippen molar-refractivity contribution in [2.45, 2.75) is 37.8 Å². The van der Waals surface area contributed by atoms with Gasteiger partial charge in [0.2, 0.25) is 5.91 Å². The number of nitrogens with one attached hydrogen (secondary N) is 1. The molecule has 25 heavy (non-hydrogen) atoms. The number of methoxy groups -OCH3 is 1. The average Bonchev–Trinajstić information content (AvgIpc) is 3.28. The SMILES string of the molecule is COc1ccc(N2C(=O)CN(Cc3ccn[nH]3)CC23CCCC3)cc1. The zero-order valence-electron chi connectivity index (χ0n) is 14.6. The summed E-state index contributed by atoms with van der Waals surface area (Å²) in [4.78, 5) is 17.4. The quantitative estimate of drug-likeness (QED) is 0.929. The summed E-state index contributed by atoms with van der Waals surface area (Å²) >= 11 is 0. The number of H-pyrrole nitrogens is 1. The molecule has 1 saturated carbocycles. The number of benzene rings is 1. The molecule has 4 rings (SSSR count). The van der Waals surface area contributed by atoms with Crippen molar-refractivity contribution < 1.29 is 9.53 Å². The summed E-state index contributed by atoms with van der Waals surface area (Å²) in [7, 11) is 1.66. The molecular weight excluding hydrogens is 316 g/mol. The smallest absolute Gasteiger partial charge is 0.241 e. The molecule has 1 aromatic carbocycles. The molecule has 1 saturated heterocycles. The topological polar surface area (TPSA) is 61.5 Å². The highest BCUT2D eigenvalue weighted by atomic mass is 16.5. The van der Waals surface area contributed by atoms with E-state index < -0.39 is 0 Å². The third-order valence-corrected chi connectivity index (χ3v) is 5.42. The lowest BCUT2D eigenvalue weighted by molar-refractivity contribution is -0.124. The normalized spacial score (nSPS) is 20.4. The maximum absolute atomic E-state index is 13.1. The fourth-order valence-corrected chi connectivity index (χ4v) is 4.36. The van der Waals surface area contributed by atoms with E-state index in [1.54, 1.807) is 13.3 Å². The Balaban J connectivity index is 1.61. The van der Waals surface area contributed by atoms with Gasteiger partial charge in [-0.3, -0.25) is 14.8 Å². The van der Waals surface area contributed by atoms with Crippen LogP contribution in [0.4, 0.5) is 5.69 Å². The van der Waals surface area contributed by atoms with E-state index in [1.807, 2.05) is 30.3 Å². The molecular formula is C19H24N4O2. The summed E-state index contributed by atoms with van der Waals surface area (Å²) in [5.74, 6) is 0.993. The van der Waals surface area contributed by atoms with Crippen LogP contribution in [-0.2, 0) is 11.3 Å². The van der Waals surface area contributed by atoms with Crippen molar-refractivity contribution in [3.8, 4) is 5.75 Å². The van der Waals surface area contributed by atoms with Crippen LogP contribution >= 0.6 is 0 Å². The van der Waals surface area contributed by atoms with Gasteiger partial charge < -0.3 is 9.64 Å². The number of piperazine rings is 1. The van der Waals surface area contributed by atoms with Crippen molar-refractivity contribution in [1.29, 1.82) is 0 Å². The second kappa shape index (κ2) is 6.52. The summed E-state index contributed by atoms with van der Waals surface area (Å²) in [6.45, 7) is 2.08. The third kappa shape index (κ3) is 3.02. The molecule has 1 N–H and O–H groups in total. The Hall–Kier alpha value is -2.34.